The molecule has 0 spiro atoms. The van der Waals surface area contributed by atoms with Crippen molar-refractivity contribution < 1.29 is 48.3 Å². The molecule has 3 aromatic rings. The second-order valence-electron chi connectivity index (χ2n) is 8.37. The van der Waals surface area contributed by atoms with Crippen LogP contribution >= 0.6 is 23.1 Å². The fraction of sp³-hybridized carbons (Fsp3) is 0.348. The number of hydrogen-bond donors (Lipinski definition) is 2. The van der Waals surface area contributed by atoms with E-state index in [2.05, 4.69) is 16.7 Å². The molecule has 7 nitrogen and oxygen atoms in total. The van der Waals surface area contributed by atoms with Crippen molar-refractivity contribution in [1.82, 2.24) is 9.30 Å². The highest BCUT2D eigenvalue weighted by atomic mass is 127. The summed E-state index contributed by atoms with van der Waals surface area (Å²) in [7, 11) is 0. The molecule has 1 amide bonds. The van der Waals surface area contributed by atoms with E-state index in [0.717, 1.165) is 21.3 Å². The quantitative estimate of drug-likeness (QED) is 0.177. The number of hydrogen-bond acceptors (Lipinski definition) is 5. The van der Waals surface area contributed by atoms with Crippen molar-refractivity contribution in [2.24, 2.45) is 11.8 Å². The molecule has 0 bridgehead atoms. The number of carbonyl (C=O) groups is 2. The van der Waals surface area contributed by atoms with Gasteiger partial charge in [-0.2, -0.15) is 4.40 Å². The number of carbonyl (C=O) groups excluding carboxylic acids is 1. The maximum Gasteiger partial charge on any atom is 0.352 e. The predicted octanol–water partition coefficient (Wildman–Crippen LogP) is -0.284. The number of thiazole rings is 1. The number of aromatic nitrogens is 2. The zero-order valence-corrected chi connectivity index (χ0v) is 22.1. The summed E-state index contributed by atoms with van der Waals surface area (Å²) in [5.74, 6) is -2.14. The lowest BCUT2D eigenvalue weighted by Crippen LogP contribution is -3.00. The van der Waals surface area contributed by atoms with E-state index in [-0.39, 0.29) is 47.5 Å². The summed E-state index contributed by atoms with van der Waals surface area (Å²) in [5.41, 5.74) is 1.93. The molecule has 0 saturated carbocycles. The Labute approximate surface area is 216 Å². The third-order valence-corrected chi connectivity index (χ3v) is 8.52. The number of aliphatic hydroxyl groups excluding tert-OH is 1. The molecule has 0 unspecified atom stereocenters. The first-order chi connectivity index (χ1) is 15.3. The van der Waals surface area contributed by atoms with Crippen molar-refractivity contribution in [2.75, 3.05) is 6.26 Å². The smallest absolute Gasteiger partial charge is 0.352 e. The molecule has 0 radical (unpaired) electrons. The zero-order valence-electron chi connectivity index (χ0n) is 18.3. The molecule has 1 fully saturated rings. The molecule has 2 N–H and O–H groups in total. The van der Waals surface area contributed by atoms with E-state index in [1.54, 1.807) is 30.0 Å². The average molecular weight is 598 g/mol. The Morgan fingerprint density at radius 2 is 2.00 bits per heavy atom. The number of nitrogens with zero attached hydrogens (tertiary/aromatic N) is 3. The van der Waals surface area contributed by atoms with Gasteiger partial charge >= 0.3 is 5.97 Å². The topological polar surface area (TPSA) is 86.1 Å². The number of imidazole rings is 1. The molecule has 33 heavy (non-hydrogen) atoms. The number of aliphatic carboxylic acids is 1. The van der Waals surface area contributed by atoms with E-state index in [9.17, 15) is 19.8 Å². The van der Waals surface area contributed by atoms with E-state index in [4.69, 9.17) is 0 Å². The fourth-order valence-corrected chi connectivity index (χ4v) is 7.23. The molecule has 4 heterocycles. The predicted molar refractivity (Wildman–Crippen MR) is 122 cm³/mol. The van der Waals surface area contributed by atoms with Gasteiger partial charge in [0.15, 0.2) is 0 Å². The molecule has 2 aliphatic heterocycles. The van der Waals surface area contributed by atoms with Gasteiger partial charge in [0.25, 0.3) is 6.33 Å². The summed E-state index contributed by atoms with van der Waals surface area (Å²) >= 11 is 3.20. The van der Waals surface area contributed by atoms with Gasteiger partial charge in [0.05, 0.1) is 22.9 Å². The van der Waals surface area contributed by atoms with Crippen molar-refractivity contribution in [3.05, 3.63) is 59.0 Å². The number of carboxylic acid groups (broad SMARTS) is 1. The molecule has 5 rings (SSSR count). The number of halogens is 1. The van der Waals surface area contributed by atoms with Crippen LogP contribution in [0.3, 0.4) is 0 Å². The third-order valence-electron chi connectivity index (χ3n) is 6.43. The summed E-state index contributed by atoms with van der Waals surface area (Å²) in [6, 6.07) is 9.93. The van der Waals surface area contributed by atoms with Crippen LogP contribution in [0.1, 0.15) is 24.3 Å². The van der Waals surface area contributed by atoms with Gasteiger partial charge in [0.1, 0.15) is 18.4 Å². The highest BCUT2D eigenvalue weighted by Crippen LogP contribution is 2.51. The Morgan fingerprint density at radius 3 is 2.61 bits per heavy atom. The minimum Gasteiger partial charge on any atom is -1.00 e. The number of benzene rings is 1. The normalized spacial score (nSPS) is 22.8. The van der Waals surface area contributed by atoms with Crippen LogP contribution in [-0.4, -0.2) is 49.8 Å². The summed E-state index contributed by atoms with van der Waals surface area (Å²) in [6.07, 6.45) is 5.23. The molecule has 2 aromatic heterocycles. The van der Waals surface area contributed by atoms with Gasteiger partial charge in [-0.3, -0.25) is 4.79 Å². The molecule has 1 saturated heterocycles. The van der Waals surface area contributed by atoms with Crippen LogP contribution in [0.2, 0.25) is 0 Å². The van der Waals surface area contributed by atoms with Crippen molar-refractivity contribution >= 4 is 45.4 Å². The molecular formula is C23H24IN3O4S2. The molecule has 4 atom stereocenters. The molecule has 174 valence electrons. The van der Waals surface area contributed by atoms with Gasteiger partial charge < -0.3 is 39.1 Å². The van der Waals surface area contributed by atoms with Crippen LogP contribution in [-0.2, 0) is 16.1 Å². The van der Waals surface area contributed by atoms with Gasteiger partial charge in [-0.05, 0) is 18.7 Å². The molecule has 10 heteroatoms. The van der Waals surface area contributed by atoms with E-state index >= 15 is 0 Å². The van der Waals surface area contributed by atoms with Gasteiger partial charge in [-0.1, -0.05) is 60.4 Å². The first-order valence-electron chi connectivity index (χ1n) is 10.4. The van der Waals surface area contributed by atoms with Crippen molar-refractivity contribution in [3.8, 4) is 0 Å². The number of aliphatic hydroxyl groups is 1. The highest BCUT2D eigenvalue weighted by Gasteiger charge is 2.60. The van der Waals surface area contributed by atoms with Crippen LogP contribution in [0.4, 0.5) is 0 Å². The molecule has 2 aliphatic rings. The fourth-order valence-electron chi connectivity index (χ4n) is 5.05. The first-order valence-corrected chi connectivity index (χ1v) is 12.5. The SMILES string of the molecule is CSc1c2sc(C3=C(C(=O)O)N4C(=O)[C@H]([C@@H](C)O)[C@H]4[C@H]3C)cn2c[n+]1Cc1ccccc1.[I-]. The molecular weight excluding hydrogens is 573 g/mol. The number of amides is 1. The van der Waals surface area contributed by atoms with E-state index in [1.165, 1.54) is 10.5 Å². The number of thioether (sulfide) groups is 1. The van der Waals surface area contributed by atoms with Crippen LogP contribution in [0, 0.1) is 11.8 Å². The number of β-lactam (4-membered cyclic amide) rings is 1. The lowest BCUT2D eigenvalue weighted by Gasteiger charge is -2.46. The van der Waals surface area contributed by atoms with Crippen LogP contribution in [0.5, 0.6) is 0 Å². The standard InChI is InChI=1S/C23H23N3O4S2.HI/c1-12-16(19(23(29)30)26-18(12)17(13(2)27)20(26)28)15-10-25-11-24(21(31-3)22(25)32-15)9-14-7-5-4-6-8-14;/h4-8,10-13,17-18,27H,9H2,1-3H3;1H/t12-,13+,17+,18+;/m0./s1. The lowest BCUT2D eigenvalue weighted by molar-refractivity contribution is -0.721. The Morgan fingerprint density at radius 1 is 1.30 bits per heavy atom. The van der Waals surface area contributed by atoms with Gasteiger partial charge in [0, 0.05) is 11.5 Å². The number of fused-ring (bicyclic) bond motifs is 2. The molecule has 0 aliphatic carbocycles. The largest absolute Gasteiger partial charge is 1.00 e. The van der Waals surface area contributed by atoms with Gasteiger partial charge in [-0.15, -0.1) is 0 Å². The van der Waals surface area contributed by atoms with Crippen molar-refractivity contribution in [2.45, 2.75) is 37.6 Å². The van der Waals surface area contributed by atoms with Crippen LogP contribution in [0.15, 0.2) is 53.6 Å². The minimum atomic E-state index is -1.10. The number of carboxylic acids is 1. The van der Waals surface area contributed by atoms with Gasteiger partial charge in [0.2, 0.25) is 15.8 Å². The maximum absolute atomic E-state index is 12.6. The zero-order chi connectivity index (χ0) is 22.7. The summed E-state index contributed by atoms with van der Waals surface area (Å²) in [5, 5.41) is 21.1. The lowest BCUT2D eigenvalue weighted by atomic mass is 9.77. The van der Waals surface area contributed by atoms with Crippen LogP contribution in [0.25, 0.3) is 10.4 Å². The third kappa shape index (κ3) is 3.71. The van der Waals surface area contributed by atoms with E-state index in [1.807, 2.05) is 48.3 Å². The minimum absolute atomic E-state index is 0. The van der Waals surface area contributed by atoms with Crippen molar-refractivity contribution in [1.29, 1.82) is 0 Å². The Bertz CT molecular complexity index is 1270. The monoisotopic (exact) mass is 597 g/mol. The highest BCUT2D eigenvalue weighted by molar-refractivity contribution is 7.98. The second-order valence-corrected chi connectivity index (χ2v) is 10.2. The summed E-state index contributed by atoms with van der Waals surface area (Å²) in [6.45, 7) is 4.29. The maximum atomic E-state index is 12.6. The second kappa shape index (κ2) is 9.05. The van der Waals surface area contributed by atoms with Crippen molar-refractivity contribution in [3.63, 3.8) is 0 Å². The average Bonchev–Trinajstić information content (AvgIpc) is 3.35. The Balaban J connectivity index is 0.00000259. The molecule has 1 aromatic carbocycles. The van der Waals surface area contributed by atoms with E-state index < -0.39 is 18.0 Å². The Hall–Kier alpha value is -1.89. The first kappa shape index (κ1) is 24.2. The number of rotatable bonds is 6. The summed E-state index contributed by atoms with van der Waals surface area (Å²) < 4.78 is 4.23. The van der Waals surface area contributed by atoms with Gasteiger partial charge in [-0.25, -0.2) is 9.36 Å². The van der Waals surface area contributed by atoms with E-state index in [0.29, 0.717) is 5.57 Å². The summed E-state index contributed by atoms with van der Waals surface area (Å²) in [4.78, 5) is 28.0. The Kier molecular flexibility index (Phi) is 6.64. The van der Waals surface area contributed by atoms with Crippen LogP contribution < -0.4 is 28.5 Å².